The fourth-order valence-electron chi connectivity index (χ4n) is 0.741. The van der Waals surface area contributed by atoms with Crippen molar-refractivity contribution in [1.82, 2.24) is 0 Å². The highest BCUT2D eigenvalue weighted by Crippen LogP contribution is 2.19. The first-order chi connectivity index (χ1) is 6.38. The minimum absolute atomic E-state index is 0.435. The molecule has 74 valence electrons. The standard InChI is InChI=1S/C9H6BrClO2S/c1-14(12,13)5-4-7-6-8(10)2-3-9(7)11/h2-3,6H,1H3. The lowest BCUT2D eigenvalue weighted by atomic mass is 10.2. The first kappa shape index (κ1) is 11.6. The van der Waals surface area contributed by atoms with Gasteiger partial charge in [0.1, 0.15) is 0 Å². The Balaban J connectivity index is 3.19. The first-order valence-electron chi connectivity index (χ1n) is 3.56. The number of hydrogen-bond acceptors (Lipinski definition) is 2. The molecule has 2 nitrogen and oxygen atoms in total. The molecule has 0 aromatic heterocycles. The molecule has 1 aromatic rings. The zero-order chi connectivity index (χ0) is 10.8. The third kappa shape index (κ3) is 3.70. The van der Waals surface area contributed by atoms with Gasteiger partial charge in [-0.2, -0.15) is 0 Å². The summed E-state index contributed by atoms with van der Waals surface area (Å²) < 4.78 is 22.4. The molecule has 1 rings (SSSR count). The maximum atomic E-state index is 10.8. The fourth-order valence-corrected chi connectivity index (χ4v) is 1.56. The summed E-state index contributed by atoms with van der Waals surface area (Å²) in [5, 5.41) is 2.56. The Bertz CT molecular complexity index is 511. The van der Waals surface area contributed by atoms with E-state index in [1.807, 2.05) is 0 Å². The fraction of sp³-hybridized carbons (Fsp3) is 0.111. The van der Waals surface area contributed by atoms with Crippen molar-refractivity contribution in [2.45, 2.75) is 0 Å². The van der Waals surface area contributed by atoms with Crippen LogP contribution in [0.15, 0.2) is 22.7 Å². The number of hydrogen-bond donors (Lipinski definition) is 0. The van der Waals surface area contributed by atoms with Crippen LogP contribution in [0.4, 0.5) is 0 Å². The van der Waals surface area contributed by atoms with Crippen LogP contribution in [0.2, 0.25) is 5.02 Å². The van der Waals surface area contributed by atoms with E-state index in [0.29, 0.717) is 10.6 Å². The largest absolute Gasteiger partial charge is 0.216 e. The molecule has 0 radical (unpaired) electrons. The van der Waals surface area contributed by atoms with Gasteiger partial charge in [-0.25, -0.2) is 8.42 Å². The molecule has 0 spiro atoms. The normalized spacial score (nSPS) is 10.5. The molecule has 5 heteroatoms. The van der Waals surface area contributed by atoms with Crippen LogP contribution in [0.3, 0.4) is 0 Å². The minimum Gasteiger partial charge on any atom is -0.216 e. The second-order valence-corrected chi connectivity index (χ2v) is 5.69. The molecule has 0 N–H and O–H groups in total. The Labute approximate surface area is 96.3 Å². The summed E-state index contributed by atoms with van der Waals surface area (Å²) in [7, 11) is -3.29. The van der Waals surface area contributed by atoms with E-state index < -0.39 is 9.84 Å². The maximum Gasteiger partial charge on any atom is 0.214 e. The van der Waals surface area contributed by atoms with Crippen LogP contribution in [0, 0.1) is 11.2 Å². The van der Waals surface area contributed by atoms with E-state index in [2.05, 4.69) is 27.1 Å². The molecule has 14 heavy (non-hydrogen) atoms. The number of sulfone groups is 1. The van der Waals surface area contributed by atoms with Crippen LogP contribution >= 0.6 is 27.5 Å². The van der Waals surface area contributed by atoms with Gasteiger partial charge in [0.15, 0.2) is 0 Å². The summed E-state index contributed by atoms with van der Waals surface area (Å²) in [5.74, 6) is 2.49. The van der Waals surface area contributed by atoms with E-state index in [9.17, 15) is 8.42 Å². The van der Waals surface area contributed by atoms with Gasteiger partial charge in [-0.3, -0.25) is 0 Å². The van der Waals surface area contributed by atoms with Crippen molar-refractivity contribution in [3.8, 4) is 11.2 Å². The van der Waals surface area contributed by atoms with E-state index in [0.717, 1.165) is 10.7 Å². The van der Waals surface area contributed by atoms with Gasteiger partial charge in [-0.15, -0.1) is 0 Å². The second kappa shape index (κ2) is 4.35. The Morgan fingerprint density at radius 3 is 2.64 bits per heavy atom. The van der Waals surface area contributed by atoms with Crippen LogP contribution < -0.4 is 0 Å². The monoisotopic (exact) mass is 292 g/mol. The molecular weight excluding hydrogens is 288 g/mol. The van der Waals surface area contributed by atoms with Crippen LogP contribution in [-0.4, -0.2) is 14.7 Å². The highest BCUT2D eigenvalue weighted by molar-refractivity contribution is 9.10. The summed E-state index contributed by atoms with van der Waals surface area (Å²) in [5.41, 5.74) is 0.492. The molecule has 0 amide bonds. The average Bonchev–Trinajstić information content (AvgIpc) is 2.05. The van der Waals surface area contributed by atoms with Crippen molar-refractivity contribution >= 4 is 37.4 Å². The average molecular weight is 294 g/mol. The Morgan fingerprint density at radius 1 is 1.43 bits per heavy atom. The lowest BCUT2D eigenvalue weighted by Crippen LogP contribution is -1.89. The molecule has 0 bridgehead atoms. The lowest BCUT2D eigenvalue weighted by molar-refractivity contribution is 0.611. The Kier molecular flexibility index (Phi) is 3.59. The highest BCUT2D eigenvalue weighted by atomic mass is 79.9. The van der Waals surface area contributed by atoms with Crippen molar-refractivity contribution in [2.24, 2.45) is 0 Å². The summed E-state index contributed by atoms with van der Waals surface area (Å²) >= 11 is 9.05. The zero-order valence-electron chi connectivity index (χ0n) is 7.21. The topological polar surface area (TPSA) is 34.1 Å². The smallest absolute Gasteiger partial charge is 0.214 e. The van der Waals surface area contributed by atoms with Gasteiger partial charge in [-0.05, 0) is 24.1 Å². The molecule has 1 aromatic carbocycles. The predicted octanol–water partition coefficient (Wildman–Crippen LogP) is 2.46. The molecule has 0 unspecified atom stereocenters. The van der Waals surface area contributed by atoms with Crippen molar-refractivity contribution < 1.29 is 8.42 Å². The molecule has 0 saturated heterocycles. The van der Waals surface area contributed by atoms with E-state index in [4.69, 9.17) is 11.6 Å². The van der Waals surface area contributed by atoms with Crippen molar-refractivity contribution in [3.63, 3.8) is 0 Å². The lowest BCUT2D eigenvalue weighted by Gasteiger charge is -1.95. The van der Waals surface area contributed by atoms with Crippen LogP contribution in [0.1, 0.15) is 5.56 Å². The third-order valence-electron chi connectivity index (χ3n) is 1.30. The zero-order valence-corrected chi connectivity index (χ0v) is 10.4. The molecule has 0 aliphatic heterocycles. The summed E-state index contributed by atoms with van der Waals surface area (Å²) in [4.78, 5) is 0. The number of halogens is 2. The van der Waals surface area contributed by atoms with Gasteiger partial charge in [0, 0.05) is 15.3 Å². The van der Waals surface area contributed by atoms with E-state index >= 15 is 0 Å². The van der Waals surface area contributed by atoms with Gasteiger partial charge in [0.2, 0.25) is 9.84 Å². The summed E-state index contributed by atoms with van der Waals surface area (Å²) in [6.45, 7) is 0. The SMILES string of the molecule is CS(=O)(=O)C#Cc1cc(Br)ccc1Cl. The predicted molar refractivity (Wildman–Crippen MR) is 60.9 cm³/mol. The van der Waals surface area contributed by atoms with E-state index in [-0.39, 0.29) is 0 Å². The van der Waals surface area contributed by atoms with Gasteiger partial charge >= 0.3 is 0 Å². The first-order valence-corrected chi connectivity index (χ1v) is 6.62. The van der Waals surface area contributed by atoms with Crippen molar-refractivity contribution in [2.75, 3.05) is 6.26 Å². The summed E-state index contributed by atoms with van der Waals surface area (Å²) in [6.07, 6.45) is 1.05. The molecule has 0 heterocycles. The second-order valence-electron chi connectivity index (χ2n) is 2.62. The molecule has 0 fully saturated rings. The number of benzene rings is 1. The van der Waals surface area contributed by atoms with Gasteiger partial charge in [0.05, 0.1) is 11.3 Å². The van der Waals surface area contributed by atoms with Gasteiger partial charge in [-0.1, -0.05) is 27.5 Å². The van der Waals surface area contributed by atoms with Gasteiger partial charge in [0.25, 0.3) is 0 Å². The number of rotatable bonds is 0. The molecule has 0 saturated carbocycles. The highest BCUT2D eigenvalue weighted by Gasteiger charge is 1.98. The maximum absolute atomic E-state index is 10.8. The van der Waals surface area contributed by atoms with Crippen molar-refractivity contribution in [1.29, 1.82) is 0 Å². The van der Waals surface area contributed by atoms with E-state index in [1.54, 1.807) is 18.2 Å². The van der Waals surface area contributed by atoms with Crippen LogP contribution in [-0.2, 0) is 9.84 Å². The third-order valence-corrected chi connectivity index (χ3v) is 2.60. The van der Waals surface area contributed by atoms with Gasteiger partial charge < -0.3 is 0 Å². The van der Waals surface area contributed by atoms with Crippen LogP contribution in [0.25, 0.3) is 0 Å². The molecule has 0 atom stereocenters. The van der Waals surface area contributed by atoms with Crippen molar-refractivity contribution in [3.05, 3.63) is 33.3 Å². The molecular formula is C9H6BrClO2S. The van der Waals surface area contributed by atoms with E-state index in [1.165, 1.54) is 0 Å². The summed E-state index contributed by atoms with van der Waals surface area (Å²) in [6, 6.07) is 5.08. The van der Waals surface area contributed by atoms with Crippen LogP contribution in [0.5, 0.6) is 0 Å². The minimum atomic E-state index is -3.29. The molecule has 0 aliphatic rings. The Hall–Kier alpha value is -0.500. The Morgan fingerprint density at radius 2 is 2.07 bits per heavy atom. The quantitative estimate of drug-likeness (QED) is 0.689. The molecule has 0 aliphatic carbocycles.